The summed E-state index contributed by atoms with van der Waals surface area (Å²) in [6.45, 7) is 10.6. The molecule has 0 unspecified atom stereocenters. The zero-order chi connectivity index (χ0) is 38.6. The van der Waals surface area contributed by atoms with Gasteiger partial charge >= 0.3 is 0 Å². The predicted octanol–water partition coefficient (Wildman–Crippen LogP) is 6.31. The molecule has 1 fully saturated rings. The van der Waals surface area contributed by atoms with Gasteiger partial charge in [-0.1, -0.05) is 81.4 Å². The first kappa shape index (κ1) is 38.6. The molecule has 282 valence electrons. The average molecular weight is 748 g/mol. The number of carbonyl (C=O) groups excluding carboxylic acids is 2. The molecule has 54 heavy (non-hydrogen) atoms. The van der Waals surface area contributed by atoms with Crippen LogP contribution in [0, 0.1) is 12.3 Å². The Kier molecular flexibility index (Phi) is 11.8. The smallest absolute Gasteiger partial charge is 0.243 e. The Morgan fingerprint density at radius 2 is 1.70 bits per heavy atom. The van der Waals surface area contributed by atoms with Gasteiger partial charge in [-0.15, -0.1) is 21.5 Å². The maximum atomic E-state index is 14.1. The lowest BCUT2D eigenvalue weighted by Gasteiger charge is -2.35. The third kappa shape index (κ3) is 8.78. The highest BCUT2D eigenvalue weighted by atomic mass is 32.1. The summed E-state index contributed by atoms with van der Waals surface area (Å²) < 4.78 is 0. The Balaban J connectivity index is 1.05. The molecular weight excluding hydrogens is 699 g/mol. The largest absolute Gasteiger partial charge is 0.507 e. The van der Waals surface area contributed by atoms with Crippen LogP contribution in [0.4, 0.5) is 5.82 Å². The van der Waals surface area contributed by atoms with Crippen molar-refractivity contribution in [1.82, 2.24) is 30.7 Å². The van der Waals surface area contributed by atoms with Crippen LogP contribution in [-0.2, 0) is 16.0 Å². The zero-order valence-corrected chi connectivity index (χ0v) is 32.2. The highest BCUT2D eigenvalue weighted by Gasteiger charge is 2.44. The Hall–Kier alpha value is -5.17. The van der Waals surface area contributed by atoms with E-state index in [-0.39, 0.29) is 36.6 Å². The lowest BCUT2D eigenvalue weighted by molar-refractivity contribution is -0.142. The van der Waals surface area contributed by atoms with Gasteiger partial charge in [0, 0.05) is 24.1 Å². The number of thiazole rings is 1. The van der Waals surface area contributed by atoms with Crippen molar-refractivity contribution in [2.24, 2.45) is 5.41 Å². The molecule has 0 saturated carbocycles. The summed E-state index contributed by atoms with van der Waals surface area (Å²) in [5.41, 5.74) is 14.5. The van der Waals surface area contributed by atoms with Crippen molar-refractivity contribution in [3.8, 4) is 38.6 Å². The lowest BCUT2D eigenvalue weighted by atomic mass is 9.85. The summed E-state index contributed by atoms with van der Waals surface area (Å²) in [5.74, 6) is -0.0374. The number of nitrogens with two attached hydrogens (primary N) is 1. The van der Waals surface area contributed by atoms with Crippen molar-refractivity contribution >= 4 is 29.0 Å². The molecule has 3 heterocycles. The number of anilines is 1. The van der Waals surface area contributed by atoms with Gasteiger partial charge in [0.2, 0.25) is 11.8 Å². The maximum Gasteiger partial charge on any atom is 0.243 e. The van der Waals surface area contributed by atoms with Gasteiger partial charge in [0.15, 0.2) is 5.82 Å². The minimum Gasteiger partial charge on any atom is -0.507 e. The van der Waals surface area contributed by atoms with E-state index in [0.29, 0.717) is 23.6 Å². The number of aryl methyl sites for hydroxylation is 2. The minimum atomic E-state index is -0.777. The number of phenols is 1. The molecule has 0 bridgehead atoms. The first-order chi connectivity index (χ1) is 25.8. The van der Waals surface area contributed by atoms with E-state index < -0.39 is 23.6 Å². The third-order valence-corrected chi connectivity index (χ3v) is 11.0. The van der Waals surface area contributed by atoms with Crippen LogP contribution >= 0.6 is 11.3 Å². The molecule has 0 radical (unpaired) electrons. The van der Waals surface area contributed by atoms with Crippen LogP contribution in [0.1, 0.15) is 63.4 Å². The summed E-state index contributed by atoms with van der Waals surface area (Å²) in [5, 5.41) is 35.8. The van der Waals surface area contributed by atoms with Gasteiger partial charge in [0.05, 0.1) is 40.0 Å². The zero-order valence-electron chi connectivity index (χ0n) is 31.4. The number of aromatic nitrogens is 3. The molecule has 0 aliphatic carbocycles. The Labute approximate surface area is 320 Å². The molecule has 1 saturated heterocycles. The van der Waals surface area contributed by atoms with E-state index in [1.807, 2.05) is 101 Å². The van der Waals surface area contributed by atoms with Gasteiger partial charge in [0.25, 0.3) is 0 Å². The van der Waals surface area contributed by atoms with Crippen LogP contribution in [0.3, 0.4) is 0 Å². The van der Waals surface area contributed by atoms with Gasteiger partial charge in [-0.2, -0.15) is 0 Å². The fourth-order valence-electron chi connectivity index (χ4n) is 6.97. The Bertz CT molecular complexity index is 2080. The second kappa shape index (κ2) is 16.5. The van der Waals surface area contributed by atoms with Gasteiger partial charge in [-0.05, 0) is 79.1 Å². The van der Waals surface area contributed by atoms with E-state index >= 15 is 0 Å². The maximum absolute atomic E-state index is 14.1. The number of nitrogen functional groups attached to an aromatic ring is 1. The van der Waals surface area contributed by atoms with E-state index in [1.165, 1.54) is 0 Å². The van der Waals surface area contributed by atoms with Gasteiger partial charge < -0.3 is 31.5 Å². The molecule has 12 heteroatoms. The first-order valence-corrected chi connectivity index (χ1v) is 19.2. The Morgan fingerprint density at radius 1 is 1.00 bits per heavy atom. The summed E-state index contributed by atoms with van der Waals surface area (Å²) in [4.78, 5) is 34.8. The number of amides is 2. The van der Waals surface area contributed by atoms with Crippen molar-refractivity contribution in [1.29, 1.82) is 0 Å². The molecular formula is C42H49N7O4S. The lowest BCUT2D eigenvalue weighted by Crippen LogP contribution is -2.56. The fourth-order valence-corrected chi connectivity index (χ4v) is 7.79. The molecule has 5 aromatic rings. The normalized spacial score (nSPS) is 17.0. The van der Waals surface area contributed by atoms with Crippen molar-refractivity contribution in [3.05, 3.63) is 101 Å². The van der Waals surface area contributed by atoms with Crippen molar-refractivity contribution < 1.29 is 19.8 Å². The van der Waals surface area contributed by atoms with Crippen LogP contribution in [0.25, 0.3) is 32.8 Å². The van der Waals surface area contributed by atoms with Crippen molar-refractivity contribution in [3.63, 3.8) is 0 Å². The van der Waals surface area contributed by atoms with E-state index in [1.54, 1.807) is 34.4 Å². The number of rotatable bonds is 12. The number of aromatic hydroxyl groups is 1. The van der Waals surface area contributed by atoms with Crippen LogP contribution in [-0.4, -0.2) is 73.4 Å². The predicted molar refractivity (Wildman–Crippen MR) is 214 cm³/mol. The number of para-hydroxylation sites is 1. The molecule has 3 aromatic carbocycles. The molecule has 6 rings (SSSR count). The monoisotopic (exact) mass is 747 g/mol. The number of aliphatic hydroxyl groups is 1. The van der Waals surface area contributed by atoms with Crippen molar-refractivity contribution in [2.45, 2.75) is 78.1 Å². The SMILES string of the molecule is Cc1ncsc1-c1ccc([C@H](C)NC(=O)[C@@H]2C[C@@H](O)CN2C(=O)[C@@H](NCCCc2ccc(-c3cc(-c4ccccc4O)nnc3N)cc2)C(C)(C)C)cc1. The third-order valence-electron chi connectivity index (χ3n) is 10.0. The second-order valence-electron chi connectivity index (χ2n) is 15.1. The number of nitrogens with one attached hydrogen (secondary N) is 2. The van der Waals surface area contributed by atoms with Crippen LogP contribution in [0.5, 0.6) is 5.75 Å². The van der Waals surface area contributed by atoms with Crippen molar-refractivity contribution in [2.75, 3.05) is 18.8 Å². The number of carbonyl (C=O) groups is 2. The van der Waals surface area contributed by atoms with Gasteiger partial charge in [0.1, 0.15) is 11.8 Å². The number of aliphatic hydroxyl groups excluding tert-OH is 1. The molecule has 11 nitrogen and oxygen atoms in total. The van der Waals surface area contributed by atoms with Gasteiger partial charge in [-0.25, -0.2) is 4.98 Å². The summed E-state index contributed by atoms with van der Waals surface area (Å²) >= 11 is 1.60. The molecule has 6 N–H and O–H groups in total. The molecule has 1 aliphatic rings. The molecule has 4 atom stereocenters. The van der Waals surface area contributed by atoms with Crippen LogP contribution in [0.15, 0.2) is 84.4 Å². The molecule has 2 aromatic heterocycles. The average Bonchev–Trinajstić information content (AvgIpc) is 3.77. The number of likely N-dealkylation sites (tertiary alicyclic amines) is 1. The van der Waals surface area contributed by atoms with E-state index in [9.17, 15) is 19.8 Å². The van der Waals surface area contributed by atoms with Gasteiger partial charge in [-0.3, -0.25) is 9.59 Å². The molecule has 1 aliphatic heterocycles. The standard InChI is InChI=1S/C42H49N7O4S/c1-25(28-16-18-30(19-17-28)37-26(2)45-24-54-37)46-40(52)35-21-31(50)23-49(35)41(53)38(42(3,4)5)44-20-8-9-27-12-14-29(15-13-27)33-22-34(47-48-39(33)43)32-10-6-7-11-36(32)51/h6-7,10-19,22,24-25,31,35,38,44,50-51H,8-9,20-21,23H2,1-5H3,(H2,43,48)(H,46,52)/t25-,31+,35-,38+/m0/s1. The first-order valence-electron chi connectivity index (χ1n) is 18.3. The van der Waals surface area contributed by atoms with Crippen LogP contribution in [0.2, 0.25) is 0 Å². The van der Waals surface area contributed by atoms with E-state index in [4.69, 9.17) is 5.73 Å². The second-order valence-corrected chi connectivity index (χ2v) is 16.0. The van der Waals surface area contributed by atoms with Crippen LogP contribution < -0.4 is 16.4 Å². The quantitative estimate of drug-likeness (QED) is 0.0920. The molecule has 2 amide bonds. The molecule has 0 spiro atoms. The van der Waals surface area contributed by atoms with E-state index in [0.717, 1.165) is 51.2 Å². The number of nitrogens with zero attached hydrogens (tertiary/aromatic N) is 4. The summed E-state index contributed by atoms with van der Waals surface area (Å²) in [6, 6.07) is 23.4. The Morgan fingerprint density at radius 3 is 2.37 bits per heavy atom. The highest BCUT2D eigenvalue weighted by molar-refractivity contribution is 7.13. The topological polar surface area (TPSA) is 167 Å². The fraction of sp³-hybridized carbons (Fsp3) is 0.357. The number of benzene rings is 3. The van der Waals surface area contributed by atoms with E-state index in [2.05, 4.69) is 25.8 Å². The summed E-state index contributed by atoms with van der Waals surface area (Å²) in [6.07, 6.45) is 0.974. The number of β-amino-alcohol motifs (C(OH)–C–C–N with tert-alkyl or cyclic N) is 1. The number of hydrogen-bond donors (Lipinski definition) is 5. The number of hydrogen-bond acceptors (Lipinski definition) is 10. The summed E-state index contributed by atoms with van der Waals surface area (Å²) in [7, 11) is 0. The highest BCUT2D eigenvalue weighted by Crippen LogP contribution is 2.33. The minimum absolute atomic E-state index is 0.111. The number of phenolic OH excluding ortho intramolecular Hbond substituents is 1.